The molecule has 3 fully saturated rings. The number of aromatic nitrogens is 3. The van der Waals surface area contributed by atoms with Gasteiger partial charge in [-0.15, -0.1) is 0 Å². The quantitative estimate of drug-likeness (QED) is 0.833. The fourth-order valence-electron chi connectivity index (χ4n) is 5.22. The second kappa shape index (κ2) is 5.42. The van der Waals surface area contributed by atoms with Gasteiger partial charge in [0.2, 0.25) is 0 Å². The number of carbonyl (C=O) groups excluding carboxylic acids is 1. The summed E-state index contributed by atoms with van der Waals surface area (Å²) in [6.07, 6.45) is 7.47. The number of rotatable bonds is 3. The lowest BCUT2D eigenvalue weighted by Crippen LogP contribution is -2.61. The van der Waals surface area contributed by atoms with Crippen molar-refractivity contribution in [3.63, 3.8) is 0 Å². The molecular weight excluding hydrogens is 320 g/mol. The van der Waals surface area contributed by atoms with Crippen molar-refractivity contribution in [1.82, 2.24) is 15.0 Å². The average Bonchev–Trinajstić information content (AvgIpc) is 3.16. The number of carbonyl (C=O) groups is 1. The largest absolute Gasteiger partial charge is 0.464 e. The predicted octanol–water partition coefficient (Wildman–Crippen LogP) is 2.50. The summed E-state index contributed by atoms with van der Waals surface area (Å²) < 4.78 is 11.0. The number of aromatic amines is 1. The second-order valence-corrected chi connectivity index (χ2v) is 7.43. The zero-order valence-electron chi connectivity index (χ0n) is 14.2. The van der Waals surface area contributed by atoms with Crippen molar-refractivity contribution in [3.8, 4) is 0 Å². The standard InChI is InChI=1S/C18H22N4O3/c1-24-17(23)14-8-11-15(19-9-20-16(11)22-14)21-13-3-2-5-18-10(4-6-25-18)7-12(13)18/h8-10,12-13H,2-7H2,1H3,(H2,19,20,21,22). The van der Waals surface area contributed by atoms with Crippen LogP contribution in [0.2, 0.25) is 0 Å². The molecule has 7 nitrogen and oxygen atoms in total. The van der Waals surface area contributed by atoms with Gasteiger partial charge >= 0.3 is 5.97 Å². The maximum absolute atomic E-state index is 11.8. The molecule has 0 radical (unpaired) electrons. The molecule has 1 aliphatic heterocycles. The summed E-state index contributed by atoms with van der Waals surface area (Å²) in [6.45, 7) is 0.909. The van der Waals surface area contributed by atoms with Crippen LogP contribution in [0.3, 0.4) is 0 Å². The molecule has 2 saturated carbocycles. The molecule has 5 rings (SSSR count). The van der Waals surface area contributed by atoms with E-state index in [2.05, 4.69) is 20.3 Å². The third kappa shape index (κ3) is 2.11. The normalized spacial score (nSPS) is 33.4. The number of anilines is 1. The molecule has 132 valence electrons. The van der Waals surface area contributed by atoms with Crippen molar-refractivity contribution >= 4 is 22.8 Å². The zero-order valence-corrected chi connectivity index (χ0v) is 14.2. The Bertz CT molecular complexity index is 835. The molecule has 0 bridgehead atoms. The fourth-order valence-corrected chi connectivity index (χ4v) is 5.22. The molecule has 1 saturated heterocycles. The van der Waals surface area contributed by atoms with Crippen LogP contribution in [0.25, 0.3) is 11.0 Å². The Kier molecular flexibility index (Phi) is 3.28. The average molecular weight is 342 g/mol. The third-order valence-corrected chi connectivity index (χ3v) is 6.42. The molecule has 2 aromatic heterocycles. The number of esters is 1. The highest BCUT2D eigenvalue weighted by Gasteiger charge is 2.62. The minimum atomic E-state index is -0.401. The Balaban J connectivity index is 1.44. The number of hydrogen-bond donors (Lipinski definition) is 2. The van der Waals surface area contributed by atoms with Crippen LogP contribution in [-0.2, 0) is 9.47 Å². The molecule has 4 unspecified atom stereocenters. The number of nitrogens with zero attached hydrogens (tertiary/aromatic N) is 2. The molecule has 2 aliphatic carbocycles. The highest BCUT2D eigenvalue weighted by atomic mass is 16.5. The number of nitrogens with one attached hydrogen (secondary N) is 2. The molecule has 3 aliphatic rings. The van der Waals surface area contributed by atoms with Gasteiger partial charge in [0, 0.05) is 18.6 Å². The van der Waals surface area contributed by atoms with Gasteiger partial charge in [-0.05, 0) is 44.1 Å². The van der Waals surface area contributed by atoms with Gasteiger partial charge in [0.1, 0.15) is 23.5 Å². The Labute approximate surface area is 145 Å². The summed E-state index contributed by atoms with van der Waals surface area (Å²) >= 11 is 0. The van der Waals surface area contributed by atoms with E-state index in [-0.39, 0.29) is 5.60 Å². The second-order valence-electron chi connectivity index (χ2n) is 7.43. The number of H-pyrrole nitrogens is 1. The van der Waals surface area contributed by atoms with E-state index < -0.39 is 5.97 Å². The molecule has 0 amide bonds. The first kappa shape index (κ1) is 15.1. The van der Waals surface area contributed by atoms with E-state index >= 15 is 0 Å². The van der Waals surface area contributed by atoms with Crippen LogP contribution in [0.4, 0.5) is 5.82 Å². The molecule has 7 heteroatoms. The Hall–Kier alpha value is -2.15. The van der Waals surface area contributed by atoms with Crippen LogP contribution >= 0.6 is 0 Å². The molecule has 2 N–H and O–H groups in total. The molecule has 0 aromatic carbocycles. The van der Waals surface area contributed by atoms with Gasteiger partial charge in [0.05, 0.1) is 18.1 Å². The highest BCUT2D eigenvalue weighted by molar-refractivity contribution is 5.97. The minimum absolute atomic E-state index is 0.109. The highest BCUT2D eigenvalue weighted by Crippen LogP contribution is 2.59. The molecule has 2 aromatic rings. The van der Waals surface area contributed by atoms with Crippen LogP contribution < -0.4 is 5.32 Å². The predicted molar refractivity (Wildman–Crippen MR) is 91.4 cm³/mol. The first-order valence-electron chi connectivity index (χ1n) is 9.04. The van der Waals surface area contributed by atoms with Crippen LogP contribution in [0.5, 0.6) is 0 Å². The van der Waals surface area contributed by atoms with E-state index in [9.17, 15) is 4.79 Å². The number of methoxy groups -OCH3 is 1. The molecule has 3 heterocycles. The maximum atomic E-state index is 11.8. The van der Waals surface area contributed by atoms with Gasteiger partial charge in [-0.3, -0.25) is 0 Å². The SMILES string of the molecule is COC(=O)c1cc2c(NC3CCCC45OCCC4CC35)ncnc2[nH]1. The zero-order chi connectivity index (χ0) is 17.0. The summed E-state index contributed by atoms with van der Waals surface area (Å²) in [6, 6.07) is 2.12. The van der Waals surface area contributed by atoms with Gasteiger partial charge in [0.15, 0.2) is 0 Å². The third-order valence-electron chi connectivity index (χ3n) is 6.42. The summed E-state index contributed by atoms with van der Waals surface area (Å²) in [5, 5.41) is 4.45. The van der Waals surface area contributed by atoms with Crippen molar-refractivity contribution in [2.24, 2.45) is 11.8 Å². The van der Waals surface area contributed by atoms with Crippen LogP contribution in [0.15, 0.2) is 12.4 Å². The maximum Gasteiger partial charge on any atom is 0.354 e. The lowest BCUT2D eigenvalue weighted by molar-refractivity contribution is -0.160. The smallest absolute Gasteiger partial charge is 0.354 e. The Morgan fingerprint density at radius 2 is 2.36 bits per heavy atom. The number of ether oxygens (including phenoxy) is 2. The number of fused-ring (bicyclic) bond motifs is 1. The molecule has 25 heavy (non-hydrogen) atoms. The van der Waals surface area contributed by atoms with E-state index in [0.29, 0.717) is 23.3 Å². The van der Waals surface area contributed by atoms with Gasteiger partial charge < -0.3 is 19.8 Å². The lowest BCUT2D eigenvalue weighted by Gasteiger charge is -2.57. The Morgan fingerprint density at radius 1 is 1.44 bits per heavy atom. The van der Waals surface area contributed by atoms with E-state index in [4.69, 9.17) is 9.47 Å². The van der Waals surface area contributed by atoms with Crippen LogP contribution in [-0.4, -0.2) is 46.3 Å². The lowest BCUT2D eigenvalue weighted by atomic mass is 9.53. The first-order valence-corrected chi connectivity index (χ1v) is 9.04. The van der Waals surface area contributed by atoms with Crippen molar-refractivity contribution in [2.75, 3.05) is 19.0 Å². The summed E-state index contributed by atoms with van der Waals surface area (Å²) in [5.41, 5.74) is 1.15. The summed E-state index contributed by atoms with van der Waals surface area (Å²) in [5.74, 6) is 1.67. The minimum Gasteiger partial charge on any atom is -0.464 e. The van der Waals surface area contributed by atoms with Gasteiger partial charge in [-0.1, -0.05) is 0 Å². The van der Waals surface area contributed by atoms with Crippen molar-refractivity contribution in [2.45, 2.75) is 43.7 Å². The topological polar surface area (TPSA) is 89.1 Å². The van der Waals surface area contributed by atoms with E-state index in [1.165, 1.54) is 39.1 Å². The van der Waals surface area contributed by atoms with Crippen molar-refractivity contribution in [3.05, 3.63) is 18.1 Å². The van der Waals surface area contributed by atoms with Crippen molar-refractivity contribution < 1.29 is 14.3 Å². The van der Waals surface area contributed by atoms with Crippen molar-refractivity contribution in [1.29, 1.82) is 0 Å². The molecule has 1 spiro atoms. The monoisotopic (exact) mass is 342 g/mol. The van der Waals surface area contributed by atoms with E-state index in [0.717, 1.165) is 30.1 Å². The van der Waals surface area contributed by atoms with Crippen LogP contribution in [0.1, 0.15) is 42.6 Å². The molecular formula is C18H22N4O3. The van der Waals surface area contributed by atoms with E-state index in [1.54, 1.807) is 6.07 Å². The van der Waals surface area contributed by atoms with E-state index in [1.807, 2.05) is 0 Å². The van der Waals surface area contributed by atoms with Gasteiger partial charge in [0.25, 0.3) is 0 Å². The number of hydrogen-bond acceptors (Lipinski definition) is 6. The summed E-state index contributed by atoms with van der Waals surface area (Å²) in [4.78, 5) is 23.4. The molecule has 4 atom stereocenters. The fraction of sp³-hybridized carbons (Fsp3) is 0.611. The summed E-state index contributed by atoms with van der Waals surface area (Å²) in [7, 11) is 1.37. The first-order chi connectivity index (χ1) is 12.2. The van der Waals surface area contributed by atoms with Gasteiger partial charge in [-0.2, -0.15) is 0 Å². The van der Waals surface area contributed by atoms with Crippen LogP contribution in [0, 0.1) is 11.8 Å². The van der Waals surface area contributed by atoms with Gasteiger partial charge in [-0.25, -0.2) is 14.8 Å². The Morgan fingerprint density at radius 3 is 3.20 bits per heavy atom.